The number of para-hydroxylation sites is 2. The molecule has 0 saturated carbocycles. The Bertz CT molecular complexity index is 1270. The van der Waals surface area contributed by atoms with Crippen LogP contribution >= 0.6 is 24.0 Å². The van der Waals surface area contributed by atoms with Gasteiger partial charge in [-0.3, -0.25) is 9.69 Å². The van der Waals surface area contributed by atoms with Crippen LogP contribution in [-0.4, -0.2) is 42.0 Å². The highest BCUT2D eigenvalue weighted by molar-refractivity contribution is 6.31. The average Bonchev–Trinajstić information content (AvgIpc) is 3.25. The van der Waals surface area contributed by atoms with Gasteiger partial charge in [-0.25, -0.2) is 4.98 Å². The zero-order chi connectivity index (χ0) is 21.9. The van der Waals surface area contributed by atoms with Crippen molar-refractivity contribution in [2.75, 3.05) is 31.5 Å². The molecule has 1 fully saturated rings. The molecular formula is C25H24Cl2N4O2. The minimum absolute atomic E-state index is 0. The van der Waals surface area contributed by atoms with Gasteiger partial charge in [0.25, 0.3) is 5.91 Å². The lowest BCUT2D eigenvalue weighted by Gasteiger charge is -2.27. The summed E-state index contributed by atoms with van der Waals surface area (Å²) in [5, 5.41) is 6.86. The highest BCUT2D eigenvalue weighted by Crippen LogP contribution is 2.32. The second kappa shape index (κ2) is 10.4. The number of fused-ring (bicyclic) bond motifs is 1. The van der Waals surface area contributed by atoms with E-state index in [0.717, 1.165) is 55.0 Å². The molecule has 0 aliphatic carbocycles. The van der Waals surface area contributed by atoms with Gasteiger partial charge in [0.15, 0.2) is 5.58 Å². The monoisotopic (exact) mass is 482 g/mol. The third-order valence-corrected chi connectivity index (χ3v) is 5.83. The number of amides is 1. The van der Waals surface area contributed by atoms with Gasteiger partial charge in [-0.2, -0.15) is 0 Å². The number of piperazine rings is 1. The van der Waals surface area contributed by atoms with Crippen LogP contribution < -0.4 is 10.6 Å². The summed E-state index contributed by atoms with van der Waals surface area (Å²) in [4.78, 5) is 19.9. The summed E-state index contributed by atoms with van der Waals surface area (Å²) in [6.07, 6.45) is 0. The highest BCUT2D eigenvalue weighted by atomic mass is 35.5. The molecule has 1 saturated heterocycles. The van der Waals surface area contributed by atoms with E-state index in [9.17, 15) is 4.79 Å². The quantitative estimate of drug-likeness (QED) is 0.407. The van der Waals surface area contributed by atoms with E-state index in [1.165, 1.54) is 0 Å². The summed E-state index contributed by atoms with van der Waals surface area (Å²) in [5.41, 5.74) is 4.56. The highest BCUT2D eigenvalue weighted by Gasteiger charge is 2.18. The molecule has 4 aromatic rings. The Morgan fingerprint density at radius 3 is 2.67 bits per heavy atom. The number of oxazole rings is 1. The largest absolute Gasteiger partial charge is 0.436 e. The molecule has 5 rings (SSSR count). The Morgan fingerprint density at radius 2 is 1.85 bits per heavy atom. The Labute approximate surface area is 203 Å². The molecule has 0 unspecified atom stereocenters. The molecule has 6 nitrogen and oxygen atoms in total. The zero-order valence-corrected chi connectivity index (χ0v) is 19.5. The fourth-order valence-corrected chi connectivity index (χ4v) is 4.15. The number of hydrogen-bond donors (Lipinski definition) is 2. The second-order valence-corrected chi connectivity index (χ2v) is 8.26. The molecule has 0 spiro atoms. The van der Waals surface area contributed by atoms with E-state index in [0.29, 0.717) is 22.2 Å². The lowest BCUT2D eigenvalue weighted by molar-refractivity contribution is 0.102. The van der Waals surface area contributed by atoms with Crippen molar-refractivity contribution in [2.45, 2.75) is 6.54 Å². The van der Waals surface area contributed by atoms with Crippen molar-refractivity contribution in [1.82, 2.24) is 15.2 Å². The van der Waals surface area contributed by atoms with E-state index in [1.54, 1.807) is 24.3 Å². The van der Waals surface area contributed by atoms with Crippen molar-refractivity contribution in [3.8, 4) is 11.5 Å². The van der Waals surface area contributed by atoms with Gasteiger partial charge in [0.1, 0.15) is 5.52 Å². The molecule has 0 radical (unpaired) electrons. The first-order chi connectivity index (χ1) is 15.7. The number of benzene rings is 3. The molecule has 1 aromatic heterocycles. The van der Waals surface area contributed by atoms with Crippen LogP contribution in [-0.2, 0) is 6.54 Å². The first-order valence-corrected chi connectivity index (χ1v) is 11.0. The number of carbonyl (C=O) groups is 1. The van der Waals surface area contributed by atoms with Crippen LogP contribution in [0.3, 0.4) is 0 Å². The van der Waals surface area contributed by atoms with Crippen LogP contribution in [0.15, 0.2) is 71.1 Å². The maximum atomic E-state index is 12.8. The maximum Gasteiger partial charge on any atom is 0.255 e. The maximum absolute atomic E-state index is 12.8. The van der Waals surface area contributed by atoms with Gasteiger partial charge >= 0.3 is 0 Å². The van der Waals surface area contributed by atoms with Crippen LogP contribution in [0.25, 0.3) is 22.6 Å². The Balaban J connectivity index is 0.00000259. The molecule has 1 aliphatic heterocycles. The Kier molecular flexibility index (Phi) is 7.30. The minimum atomic E-state index is -0.240. The van der Waals surface area contributed by atoms with Gasteiger partial charge in [-0.15, -0.1) is 12.4 Å². The SMILES string of the molecule is Cl.O=C(Nc1ccccc1-c1nc2cccc(CN3CCNCC3)c2o1)c1cccc(Cl)c1. The summed E-state index contributed by atoms with van der Waals surface area (Å²) in [7, 11) is 0. The van der Waals surface area contributed by atoms with Gasteiger partial charge in [-0.1, -0.05) is 41.9 Å². The van der Waals surface area contributed by atoms with Crippen molar-refractivity contribution in [2.24, 2.45) is 0 Å². The lowest BCUT2D eigenvalue weighted by atomic mass is 10.1. The van der Waals surface area contributed by atoms with E-state index >= 15 is 0 Å². The van der Waals surface area contributed by atoms with Crippen LogP contribution in [0, 0.1) is 0 Å². The summed E-state index contributed by atoms with van der Waals surface area (Å²) in [5.74, 6) is 0.241. The lowest BCUT2D eigenvalue weighted by Crippen LogP contribution is -2.42. The van der Waals surface area contributed by atoms with Crippen molar-refractivity contribution in [1.29, 1.82) is 0 Å². The van der Waals surface area contributed by atoms with E-state index < -0.39 is 0 Å². The van der Waals surface area contributed by atoms with Crippen molar-refractivity contribution in [3.05, 3.63) is 82.9 Å². The van der Waals surface area contributed by atoms with E-state index in [2.05, 4.69) is 21.6 Å². The standard InChI is InChI=1S/C25H23ClN4O2.ClH/c26-19-7-3-5-17(15-19)24(31)28-21-9-2-1-8-20(21)25-29-22-10-4-6-18(23(22)32-25)16-30-13-11-27-12-14-30;/h1-10,15,27H,11-14,16H2,(H,28,31);1H. The second-order valence-electron chi connectivity index (χ2n) is 7.82. The topological polar surface area (TPSA) is 70.4 Å². The molecule has 2 N–H and O–H groups in total. The molecule has 0 bridgehead atoms. The third kappa shape index (κ3) is 5.20. The predicted molar refractivity (Wildman–Crippen MR) is 134 cm³/mol. The van der Waals surface area contributed by atoms with E-state index in [4.69, 9.17) is 21.0 Å². The van der Waals surface area contributed by atoms with Crippen LogP contribution in [0.4, 0.5) is 5.69 Å². The van der Waals surface area contributed by atoms with Gasteiger partial charge < -0.3 is 15.1 Å². The van der Waals surface area contributed by atoms with E-state index in [1.807, 2.05) is 36.4 Å². The molecule has 1 amide bonds. The van der Waals surface area contributed by atoms with Gasteiger partial charge in [0.05, 0.1) is 11.3 Å². The smallest absolute Gasteiger partial charge is 0.255 e. The Hall–Kier alpha value is -2.90. The van der Waals surface area contributed by atoms with Crippen molar-refractivity contribution < 1.29 is 9.21 Å². The molecule has 2 heterocycles. The number of aromatic nitrogens is 1. The number of nitrogens with one attached hydrogen (secondary N) is 2. The molecular weight excluding hydrogens is 459 g/mol. The number of anilines is 1. The fourth-order valence-electron chi connectivity index (χ4n) is 3.96. The number of halogens is 2. The molecule has 8 heteroatoms. The molecule has 3 aromatic carbocycles. The average molecular weight is 483 g/mol. The van der Waals surface area contributed by atoms with Crippen LogP contribution in [0.2, 0.25) is 5.02 Å². The van der Waals surface area contributed by atoms with Gasteiger partial charge in [-0.05, 0) is 36.4 Å². The summed E-state index contributed by atoms with van der Waals surface area (Å²) in [6, 6.07) is 20.4. The van der Waals surface area contributed by atoms with Gasteiger partial charge in [0.2, 0.25) is 5.89 Å². The summed E-state index contributed by atoms with van der Waals surface area (Å²) >= 11 is 6.04. The Morgan fingerprint density at radius 1 is 1.06 bits per heavy atom. The van der Waals surface area contributed by atoms with Crippen molar-refractivity contribution >= 4 is 46.7 Å². The summed E-state index contributed by atoms with van der Waals surface area (Å²) in [6.45, 7) is 4.83. The molecule has 170 valence electrons. The van der Waals surface area contributed by atoms with Gasteiger partial charge in [0, 0.05) is 48.9 Å². The third-order valence-electron chi connectivity index (χ3n) is 5.59. The normalized spacial score (nSPS) is 14.1. The van der Waals surface area contributed by atoms with Crippen LogP contribution in [0.5, 0.6) is 0 Å². The summed E-state index contributed by atoms with van der Waals surface area (Å²) < 4.78 is 6.25. The number of hydrogen-bond acceptors (Lipinski definition) is 5. The number of nitrogens with zero attached hydrogens (tertiary/aromatic N) is 2. The number of rotatable bonds is 5. The molecule has 33 heavy (non-hydrogen) atoms. The van der Waals surface area contributed by atoms with E-state index in [-0.39, 0.29) is 18.3 Å². The zero-order valence-electron chi connectivity index (χ0n) is 17.9. The first-order valence-electron chi connectivity index (χ1n) is 10.7. The fraction of sp³-hybridized carbons (Fsp3) is 0.200. The van der Waals surface area contributed by atoms with Crippen LogP contribution in [0.1, 0.15) is 15.9 Å². The van der Waals surface area contributed by atoms with Crippen molar-refractivity contribution in [3.63, 3.8) is 0 Å². The molecule has 1 aliphatic rings. The molecule has 0 atom stereocenters. The minimum Gasteiger partial charge on any atom is -0.436 e. The first kappa shape index (κ1) is 23.3. The predicted octanol–water partition coefficient (Wildman–Crippen LogP) is 5.23. The number of carbonyl (C=O) groups excluding carboxylic acids is 1.